The number of hydrogen-bond acceptors (Lipinski definition) is 4. The van der Waals surface area contributed by atoms with Gasteiger partial charge in [-0.2, -0.15) is 0 Å². The van der Waals surface area contributed by atoms with Gasteiger partial charge in [-0.15, -0.1) is 0 Å². The first-order valence-electron chi connectivity index (χ1n) is 5.45. The van der Waals surface area contributed by atoms with Gasteiger partial charge in [0.1, 0.15) is 6.26 Å². The van der Waals surface area contributed by atoms with Crippen molar-refractivity contribution in [3.63, 3.8) is 0 Å². The molecule has 2 rings (SSSR count). The lowest BCUT2D eigenvalue weighted by Gasteiger charge is -2.14. The maximum absolute atomic E-state index is 12.0. The molecule has 0 radical (unpaired) electrons. The molecular weight excluding hydrogens is 431 g/mol. The summed E-state index contributed by atoms with van der Waals surface area (Å²) >= 11 is 12.0. The smallest absolute Gasteiger partial charge is 0.371 e. The highest BCUT2D eigenvalue weighted by molar-refractivity contribution is 14.1. The van der Waals surface area contributed by atoms with Gasteiger partial charge in [-0.25, -0.2) is 13.9 Å². The number of aromatic carboxylic acids is 1. The molecule has 1 aromatic heterocycles. The van der Waals surface area contributed by atoms with Crippen LogP contribution in [-0.4, -0.2) is 17.1 Å². The van der Waals surface area contributed by atoms with Crippen LogP contribution >= 0.6 is 47.0 Å². The first-order valence-corrected chi connectivity index (χ1v) is 7.31. The SMILES string of the molecule is O=C(O)c1cc(N(S)C(=O)Nc2ccc(I)c(Cl)c2)co1. The highest BCUT2D eigenvalue weighted by Crippen LogP contribution is 2.24. The fourth-order valence-corrected chi connectivity index (χ4v) is 2.09. The van der Waals surface area contributed by atoms with Crippen molar-refractivity contribution in [3.05, 3.63) is 44.9 Å². The van der Waals surface area contributed by atoms with E-state index in [1.807, 2.05) is 0 Å². The summed E-state index contributed by atoms with van der Waals surface area (Å²) in [5.41, 5.74) is 0.691. The Morgan fingerprint density at radius 1 is 1.38 bits per heavy atom. The summed E-state index contributed by atoms with van der Waals surface area (Å²) in [6, 6.07) is 5.65. The Labute approximate surface area is 143 Å². The second-order valence-corrected chi connectivity index (χ2v) is 5.81. The first kappa shape index (κ1) is 16.0. The molecule has 2 aromatic rings. The van der Waals surface area contributed by atoms with Crippen molar-refractivity contribution in [3.8, 4) is 0 Å². The van der Waals surface area contributed by atoms with Crippen molar-refractivity contribution < 1.29 is 19.1 Å². The van der Waals surface area contributed by atoms with Gasteiger partial charge in [0.25, 0.3) is 0 Å². The molecule has 0 spiro atoms. The number of hydrogen-bond donors (Lipinski definition) is 3. The summed E-state index contributed by atoms with van der Waals surface area (Å²) in [6.45, 7) is 0. The summed E-state index contributed by atoms with van der Waals surface area (Å²) in [5.74, 6) is -1.51. The predicted octanol–water partition coefficient (Wildman–Crippen LogP) is 4.12. The standard InChI is InChI=1S/C12H8ClIN2O4S/c13-8-3-6(1-2-9(8)14)15-12(19)16(21)7-4-10(11(17)18)20-5-7/h1-5,21H,(H,15,19)(H,17,18). The number of carboxylic acid groups (broad SMARTS) is 1. The van der Waals surface area contributed by atoms with Crippen LogP contribution in [0.4, 0.5) is 16.2 Å². The zero-order chi connectivity index (χ0) is 15.6. The van der Waals surface area contributed by atoms with Crippen molar-refractivity contribution in [2.75, 3.05) is 9.62 Å². The monoisotopic (exact) mass is 438 g/mol. The van der Waals surface area contributed by atoms with Gasteiger partial charge >= 0.3 is 12.0 Å². The minimum Gasteiger partial charge on any atom is -0.475 e. The van der Waals surface area contributed by atoms with E-state index in [0.29, 0.717) is 10.7 Å². The minimum atomic E-state index is -1.23. The zero-order valence-electron chi connectivity index (χ0n) is 10.2. The second kappa shape index (κ2) is 6.58. The van der Waals surface area contributed by atoms with Gasteiger partial charge in [0.05, 0.1) is 10.7 Å². The molecule has 2 amide bonds. The number of carbonyl (C=O) groups excluding carboxylic acids is 1. The van der Waals surface area contributed by atoms with Crippen molar-refractivity contribution in [2.45, 2.75) is 0 Å². The van der Waals surface area contributed by atoms with Gasteiger partial charge in [-0.05, 0) is 40.8 Å². The molecule has 0 aliphatic rings. The third kappa shape index (κ3) is 3.83. The number of furan rings is 1. The Hall–Kier alpha value is -1.39. The molecule has 6 nitrogen and oxygen atoms in total. The molecule has 110 valence electrons. The van der Waals surface area contributed by atoms with E-state index in [2.05, 4.69) is 40.7 Å². The lowest BCUT2D eigenvalue weighted by Crippen LogP contribution is -2.26. The molecule has 0 fully saturated rings. The van der Waals surface area contributed by atoms with E-state index < -0.39 is 12.0 Å². The van der Waals surface area contributed by atoms with Crippen LogP contribution in [0.2, 0.25) is 5.02 Å². The van der Waals surface area contributed by atoms with Gasteiger partial charge < -0.3 is 14.8 Å². The molecule has 0 aliphatic heterocycles. The van der Waals surface area contributed by atoms with Crippen molar-refractivity contribution in [1.82, 2.24) is 0 Å². The van der Waals surface area contributed by atoms with E-state index in [1.54, 1.807) is 18.2 Å². The normalized spacial score (nSPS) is 10.2. The van der Waals surface area contributed by atoms with Gasteiger partial charge in [-0.3, -0.25) is 0 Å². The molecular formula is C12H8ClIN2O4S. The van der Waals surface area contributed by atoms with Crippen LogP contribution in [0.25, 0.3) is 0 Å². The Balaban J connectivity index is 2.11. The van der Waals surface area contributed by atoms with E-state index in [0.717, 1.165) is 14.1 Å². The molecule has 1 aromatic carbocycles. The van der Waals surface area contributed by atoms with Gasteiger partial charge in [-0.1, -0.05) is 24.4 Å². The van der Waals surface area contributed by atoms with Crippen LogP contribution in [0.15, 0.2) is 34.9 Å². The third-order valence-electron chi connectivity index (χ3n) is 2.40. The zero-order valence-corrected chi connectivity index (χ0v) is 14.0. The number of rotatable bonds is 3. The molecule has 1 heterocycles. The number of nitrogens with zero attached hydrogens (tertiary/aromatic N) is 1. The molecule has 2 N–H and O–H groups in total. The van der Waals surface area contributed by atoms with E-state index >= 15 is 0 Å². The summed E-state index contributed by atoms with van der Waals surface area (Å²) in [6.07, 6.45) is 1.12. The predicted molar refractivity (Wildman–Crippen MR) is 90.3 cm³/mol. The van der Waals surface area contributed by atoms with E-state index in [1.165, 1.54) is 6.07 Å². The Bertz CT molecular complexity index is 706. The summed E-state index contributed by atoms with van der Waals surface area (Å²) in [5, 5.41) is 11.8. The van der Waals surface area contributed by atoms with Gasteiger partial charge in [0.15, 0.2) is 0 Å². The molecule has 0 saturated heterocycles. The van der Waals surface area contributed by atoms with Crippen LogP contribution in [0.1, 0.15) is 10.6 Å². The fourth-order valence-electron chi connectivity index (χ4n) is 1.42. The fraction of sp³-hybridized carbons (Fsp3) is 0. The summed E-state index contributed by atoms with van der Waals surface area (Å²) in [4.78, 5) is 22.7. The highest BCUT2D eigenvalue weighted by atomic mass is 127. The number of urea groups is 1. The van der Waals surface area contributed by atoms with Gasteiger partial charge in [0, 0.05) is 15.3 Å². The summed E-state index contributed by atoms with van der Waals surface area (Å²) < 4.78 is 6.58. The van der Waals surface area contributed by atoms with Crippen LogP contribution in [0.3, 0.4) is 0 Å². The number of carboxylic acids is 1. The van der Waals surface area contributed by atoms with Crippen LogP contribution in [-0.2, 0) is 0 Å². The Kier molecular flexibility index (Phi) is 5.01. The average Bonchev–Trinajstić information content (AvgIpc) is 2.92. The quantitative estimate of drug-likeness (QED) is 0.497. The van der Waals surface area contributed by atoms with Gasteiger partial charge in [0.2, 0.25) is 5.76 Å². The Morgan fingerprint density at radius 3 is 2.67 bits per heavy atom. The largest absolute Gasteiger partial charge is 0.475 e. The highest BCUT2D eigenvalue weighted by Gasteiger charge is 2.17. The molecule has 9 heteroatoms. The molecule has 21 heavy (non-hydrogen) atoms. The maximum atomic E-state index is 12.0. The number of carbonyl (C=O) groups is 2. The topological polar surface area (TPSA) is 82.8 Å². The Morgan fingerprint density at radius 2 is 2.10 bits per heavy atom. The maximum Gasteiger partial charge on any atom is 0.371 e. The van der Waals surface area contributed by atoms with Crippen LogP contribution in [0, 0.1) is 3.57 Å². The van der Waals surface area contributed by atoms with Crippen molar-refractivity contribution >= 4 is 70.4 Å². The van der Waals surface area contributed by atoms with Crippen molar-refractivity contribution in [2.24, 2.45) is 0 Å². The number of nitrogens with one attached hydrogen (secondary N) is 1. The second-order valence-electron chi connectivity index (χ2n) is 3.85. The first-order chi connectivity index (χ1) is 9.88. The lowest BCUT2D eigenvalue weighted by molar-refractivity contribution is 0.0662. The third-order valence-corrected chi connectivity index (χ3v) is 4.39. The molecule has 0 aliphatic carbocycles. The number of amides is 2. The number of halogens is 2. The van der Waals surface area contributed by atoms with E-state index in [4.69, 9.17) is 21.1 Å². The molecule has 0 unspecified atom stereocenters. The minimum absolute atomic E-state index is 0.199. The van der Waals surface area contributed by atoms with Crippen LogP contribution < -0.4 is 9.62 Å². The lowest BCUT2D eigenvalue weighted by atomic mass is 10.3. The number of thiol groups is 1. The van der Waals surface area contributed by atoms with Crippen molar-refractivity contribution in [1.29, 1.82) is 0 Å². The van der Waals surface area contributed by atoms with E-state index in [-0.39, 0.29) is 11.4 Å². The van der Waals surface area contributed by atoms with E-state index in [9.17, 15) is 9.59 Å². The number of benzene rings is 1. The molecule has 0 bridgehead atoms. The average molecular weight is 439 g/mol. The van der Waals surface area contributed by atoms with Crippen LogP contribution in [0.5, 0.6) is 0 Å². The summed E-state index contributed by atoms with van der Waals surface area (Å²) in [7, 11) is 0. The number of anilines is 2. The molecule has 0 atom stereocenters. The molecule has 0 saturated carbocycles.